The van der Waals surface area contributed by atoms with Crippen LogP contribution in [0.5, 0.6) is 0 Å². The van der Waals surface area contributed by atoms with Gasteiger partial charge in [0.15, 0.2) is 5.96 Å². The fourth-order valence-corrected chi connectivity index (χ4v) is 4.54. The van der Waals surface area contributed by atoms with Crippen LogP contribution in [0.4, 0.5) is 0 Å². The standard InChI is InChI=1S/C20H28N2O3S.C3H9N3/c1-16(2)14-22(26(24,25)18-11-7-4-8-12-18)15-20(23)19(21)13-17-9-5-3-6-10-17;1-5-3(4)6-2/h3-12,16,19-20,23H,13-15,21H2,1-2H3;1-2H3,(H3,4,5,6)/t19-,20+;/m0./s1. The lowest BCUT2D eigenvalue weighted by Gasteiger charge is -2.28. The summed E-state index contributed by atoms with van der Waals surface area (Å²) in [5.41, 5.74) is 12.3. The number of aliphatic hydroxyl groups is 1. The highest BCUT2D eigenvalue weighted by Gasteiger charge is 2.29. The summed E-state index contributed by atoms with van der Waals surface area (Å²) in [7, 11) is -0.324. The Morgan fingerprint density at radius 1 is 1.06 bits per heavy atom. The fraction of sp³-hybridized carbons (Fsp3) is 0.435. The van der Waals surface area contributed by atoms with E-state index in [1.54, 1.807) is 44.4 Å². The number of benzene rings is 2. The van der Waals surface area contributed by atoms with Gasteiger partial charge in [0.25, 0.3) is 0 Å². The molecule has 9 heteroatoms. The Morgan fingerprint density at radius 2 is 1.59 bits per heavy atom. The van der Waals surface area contributed by atoms with Crippen molar-refractivity contribution < 1.29 is 13.5 Å². The number of sulfonamides is 1. The summed E-state index contributed by atoms with van der Waals surface area (Å²) in [4.78, 5) is 3.82. The van der Waals surface area contributed by atoms with Crippen molar-refractivity contribution in [3.8, 4) is 0 Å². The van der Waals surface area contributed by atoms with Gasteiger partial charge in [-0.2, -0.15) is 4.31 Å². The molecule has 2 aromatic carbocycles. The number of aliphatic hydroxyl groups excluding tert-OH is 1. The third kappa shape index (κ3) is 9.35. The van der Waals surface area contributed by atoms with Crippen molar-refractivity contribution >= 4 is 16.0 Å². The monoisotopic (exact) mass is 463 g/mol. The maximum atomic E-state index is 13.0. The molecule has 0 aromatic heterocycles. The van der Waals surface area contributed by atoms with Gasteiger partial charge < -0.3 is 21.9 Å². The first-order chi connectivity index (χ1) is 15.1. The summed E-state index contributed by atoms with van der Waals surface area (Å²) < 4.78 is 27.3. The summed E-state index contributed by atoms with van der Waals surface area (Å²) in [5.74, 6) is 0.598. The van der Waals surface area contributed by atoms with E-state index in [4.69, 9.17) is 11.5 Å². The van der Waals surface area contributed by atoms with Crippen molar-refractivity contribution in [3.63, 3.8) is 0 Å². The van der Waals surface area contributed by atoms with E-state index in [2.05, 4.69) is 10.3 Å². The van der Waals surface area contributed by atoms with Gasteiger partial charge in [-0.15, -0.1) is 0 Å². The lowest BCUT2D eigenvalue weighted by atomic mass is 10.0. The van der Waals surface area contributed by atoms with Crippen molar-refractivity contribution in [1.29, 1.82) is 0 Å². The lowest BCUT2D eigenvalue weighted by molar-refractivity contribution is 0.116. The van der Waals surface area contributed by atoms with Crippen LogP contribution >= 0.6 is 0 Å². The van der Waals surface area contributed by atoms with Gasteiger partial charge in [0.05, 0.1) is 11.0 Å². The lowest BCUT2D eigenvalue weighted by Crippen LogP contribution is -2.47. The van der Waals surface area contributed by atoms with Crippen molar-refractivity contribution in [2.45, 2.75) is 37.3 Å². The highest BCUT2D eigenvalue weighted by molar-refractivity contribution is 7.89. The quantitative estimate of drug-likeness (QED) is 0.328. The number of guanidine groups is 1. The van der Waals surface area contributed by atoms with Gasteiger partial charge in [-0.25, -0.2) is 8.42 Å². The van der Waals surface area contributed by atoms with Gasteiger partial charge in [0, 0.05) is 33.2 Å². The molecule has 0 saturated carbocycles. The first kappa shape index (κ1) is 27.6. The minimum atomic E-state index is -3.68. The van der Waals surface area contributed by atoms with Crippen LogP contribution in [0.25, 0.3) is 0 Å². The van der Waals surface area contributed by atoms with Crippen molar-refractivity contribution in [1.82, 2.24) is 9.62 Å². The molecule has 2 atom stereocenters. The second-order valence-corrected chi connectivity index (χ2v) is 9.75. The highest BCUT2D eigenvalue weighted by atomic mass is 32.2. The predicted molar refractivity (Wildman–Crippen MR) is 131 cm³/mol. The highest BCUT2D eigenvalue weighted by Crippen LogP contribution is 2.18. The van der Waals surface area contributed by atoms with Gasteiger partial charge in [-0.1, -0.05) is 62.4 Å². The normalized spacial score (nSPS) is 13.9. The number of nitrogens with zero attached hydrogens (tertiary/aromatic N) is 2. The minimum Gasteiger partial charge on any atom is -0.390 e. The number of hydrogen-bond donors (Lipinski definition) is 4. The Morgan fingerprint density at radius 3 is 2.03 bits per heavy atom. The number of nitrogens with one attached hydrogen (secondary N) is 1. The van der Waals surface area contributed by atoms with Gasteiger partial charge in [0.2, 0.25) is 10.0 Å². The summed E-state index contributed by atoms with van der Waals surface area (Å²) in [5, 5.41) is 13.2. The van der Waals surface area contributed by atoms with Crippen LogP contribution in [-0.4, -0.2) is 63.1 Å². The maximum absolute atomic E-state index is 13.0. The summed E-state index contributed by atoms with van der Waals surface area (Å²) in [6.07, 6.45) is -0.462. The summed E-state index contributed by atoms with van der Waals surface area (Å²) >= 11 is 0. The van der Waals surface area contributed by atoms with Crippen molar-refractivity contribution in [3.05, 3.63) is 66.2 Å². The van der Waals surface area contributed by atoms with Crippen molar-refractivity contribution in [2.24, 2.45) is 22.4 Å². The Balaban J connectivity index is 0.000000751. The first-order valence-electron chi connectivity index (χ1n) is 10.5. The molecular formula is C23H37N5O3S. The Labute approximate surface area is 192 Å². The molecule has 2 aromatic rings. The Bertz CT molecular complexity index is 906. The van der Waals surface area contributed by atoms with Gasteiger partial charge >= 0.3 is 0 Å². The van der Waals surface area contributed by atoms with Crippen LogP contribution < -0.4 is 16.8 Å². The molecule has 0 radical (unpaired) electrons. The number of rotatable bonds is 9. The number of aliphatic imine (C=N–C) groups is 1. The van der Waals surface area contributed by atoms with Crippen LogP contribution in [0.1, 0.15) is 19.4 Å². The molecule has 0 aliphatic rings. The van der Waals surface area contributed by atoms with Crippen molar-refractivity contribution in [2.75, 3.05) is 27.2 Å². The van der Waals surface area contributed by atoms with Gasteiger partial charge in [-0.3, -0.25) is 4.99 Å². The van der Waals surface area contributed by atoms with E-state index in [0.29, 0.717) is 18.9 Å². The minimum absolute atomic E-state index is 0.0244. The third-order valence-electron chi connectivity index (χ3n) is 4.65. The summed E-state index contributed by atoms with van der Waals surface area (Å²) in [6, 6.07) is 17.4. The van der Waals surface area contributed by atoms with E-state index in [0.717, 1.165) is 5.56 Å². The molecule has 0 fully saturated rings. The van der Waals surface area contributed by atoms with E-state index in [-0.39, 0.29) is 17.4 Å². The average Bonchev–Trinajstić information content (AvgIpc) is 2.79. The molecule has 8 nitrogen and oxygen atoms in total. The first-order valence-corrected chi connectivity index (χ1v) is 12.0. The molecule has 0 unspecified atom stereocenters. The molecule has 0 saturated heterocycles. The van der Waals surface area contributed by atoms with E-state index >= 15 is 0 Å². The Kier molecular flexibility index (Phi) is 11.9. The molecule has 178 valence electrons. The smallest absolute Gasteiger partial charge is 0.243 e. The fourth-order valence-electron chi connectivity index (χ4n) is 2.90. The molecule has 0 amide bonds. The molecule has 0 spiro atoms. The maximum Gasteiger partial charge on any atom is 0.243 e. The topological polar surface area (TPSA) is 134 Å². The molecule has 0 heterocycles. The average molecular weight is 464 g/mol. The predicted octanol–water partition coefficient (Wildman–Crippen LogP) is 1.41. The summed E-state index contributed by atoms with van der Waals surface area (Å²) in [6.45, 7) is 4.20. The van der Waals surface area contributed by atoms with Crippen LogP contribution in [0.15, 0.2) is 70.6 Å². The molecule has 6 N–H and O–H groups in total. The second-order valence-electron chi connectivity index (χ2n) is 7.81. The van der Waals surface area contributed by atoms with Gasteiger partial charge in [-0.05, 0) is 30.0 Å². The third-order valence-corrected chi connectivity index (χ3v) is 6.49. The van der Waals surface area contributed by atoms with Crippen LogP contribution in [0.3, 0.4) is 0 Å². The molecule has 0 aliphatic heterocycles. The molecule has 32 heavy (non-hydrogen) atoms. The second kappa shape index (κ2) is 13.8. The van der Waals surface area contributed by atoms with E-state index < -0.39 is 22.2 Å². The van der Waals surface area contributed by atoms with E-state index in [9.17, 15) is 13.5 Å². The van der Waals surface area contributed by atoms with Crippen LogP contribution in [-0.2, 0) is 16.4 Å². The van der Waals surface area contributed by atoms with E-state index in [1.807, 2.05) is 44.2 Å². The zero-order valence-electron chi connectivity index (χ0n) is 19.3. The number of hydrogen-bond acceptors (Lipinski definition) is 5. The molecular weight excluding hydrogens is 426 g/mol. The largest absolute Gasteiger partial charge is 0.390 e. The van der Waals surface area contributed by atoms with Gasteiger partial charge in [0.1, 0.15) is 0 Å². The zero-order valence-corrected chi connectivity index (χ0v) is 20.2. The van der Waals surface area contributed by atoms with Crippen LogP contribution in [0, 0.1) is 5.92 Å². The SMILES string of the molecule is CC(C)CN(C[C@@H](O)[C@@H](N)Cc1ccccc1)S(=O)(=O)c1ccccc1.CN=C(N)NC. The Hall–Kier alpha value is -2.46. The zero-order chi connectivity index (χ0) is 24.1. The molecule has 0 bridgehead atoms. The van der Waals surface area contributed by atoms with Crippen LogP contribution in [0.2, 0.25) is 0 Å². The number of nitrogens with two attached hydrogens (primary N) is 2. The molecule has 0 aliphatic carbocycles. The molecule has 2 rings (SSSR count). The van der Waals surface area contributed by atoms with E-state index in [1.165, 1.54) is 4.31 Å².